The Hall–Kier alpha value is -1.06. The van der Waals surface area contributed by atoms with Crippen LogP contribution in [0.15, 0.2) is 0 Å². The van der Waals surface area contributed by atoms with E-state index in [0.29, 0.717) is 36.9 Å². The predicted molar refractivity (Wildman–Crippen MR) is 151 cm³/mol. The molecular weight excluding hydrogens is 448 g/mol. The van der Waals surface area contributed by atoms with Crippen LogP contribution in [0.2, 0.25) is 0 Å². The van der Waals surface area contributed by atoms with Crippen LogP contribution in [0.1, 0.15) is 144 Å². The molecule has 0 saturated heterocycles. The number of unbranched alkanes of at least 4 members (excludes halogenated alkanes) is 6. The Kier molecular flexibility index (Phi) is 18.3. The van der Waals surface area contributed by atoms with E-state index in [-0.39, 0.29) is 23.8 Å². The van der Waals surface area contributed by atoms with E-state index in [2.05, 4.69) is 41.5 Å². The van der Waals surface area contributed by atoms with Crippen molar-refractivity contribution >= 4 is 11.9 Å². The molecule has 1 saturated carbocycles. The molecule has 36 heavy (non-hydrogen) atoms. The highest BCUT2D eigenvalue weighted by Gasteiger charge is 2.31. The maximum absolute atomic E-state index is 12.6. The molecule has 0 N–H and O–H groups in total. The Morgan fingerprint density at radius 3 is 1.22 bits per heavy atom. The van der Waals surface area contributed by atoms with Gasteiger partial charge in [0.2, 0.25) is 0 Å². The summed E-state index contributed by atoms with van der Waals surface area (Å²) in [6.07, 6.45) is 17.9. The van der Waals surface area contributed by atoms with Crippen LogP contribution in [-0.2, 0) is 19.1 Å². The average Bonchev–Trinajstić information content (AvgIpc) is 2.88. The largest absolute Gasteiger partial charge is 0.465 e. The number of carbonyl (C=O) groups excluding carboxylic acids is 2. The molecule has 0 aromatic heterocycles. The van der Waals surface area contributed by atoms with E-state index in [1.165, 1.54) is 64.2 Å². The monoisotopic (exact) mass is 508 g/mol. The summed E-state index contributed by atoms with van der Waals surface area (Å²) in [4.78, 5) is 25.1. The first-order valence-corrected chi connectivity index (χ1v) is 15.6. The van der Waals surface area contributed by atoms with E-state index in [1.807, 2.05) is 0 Å². The van der Waals surface area contributed by atoms with Crippen LogP contribution < -0.4 is 0 Å². The van der Waals surface area contributed by atoms with Gasteiger partial charge in [0.15, 0.2) is 0 Å². The average molecular weight is 509 g/mol. The van der Waals surface area contributed by atoms with Crippen LogP contribution >= 0.6 is 0 Å². The molecule has 0 spiro atoms. The van der Waals surface area contributed by atoms with Crippen molar-refractivity contribution in [2.24, 2.45) is 35.5 Å². The molecule has 0 aromatic rings. The molecule has 1 fully saturated rings. The SMILES string of the molecule is CCCCCCC(C)C(C)CCOC(=O)C1CCC(C(=O)OCCC(C)C(C)CCCCCC)CC1. The summed E-state index contributed by atoms with van der Waals surface area (Å²) in [7, 11) is 0. The Balaban J connectivity index is 2.17. The molecule has 0 aliphatic heterocycles. The van der Waals surface area contributed by atoms with Crippen LogP contribution in [0.25, 0.3) is 0 Å². The smallest absolute Gasteiger partial charge is 0.308 e. The number of esters is 2. The van der Waals surface area contributed by atoms with Crippen LogP contribution in [0, 0.1) is 35.5 Å². The Bertz CT molecular complexity index is 517. The summed E-state index contributed by atoms with van der Waals surface area (Å²) in [6.45, 7) is 14.8. The van der Waals surface area contributed by atoms with Crippen molar-refractivity contribution in [2.45, 2.75) is 144 Å². The van der Waals surface area contributed by atoms with Crippen molar-refractivity contribution in [1.29, 1.82) is 0 Å². The Labute approximate surface area is 224 Å². The van der Waals surface area contributed by atoms with E-state index in [4.69, 9.17) is 9.47 Å². The fourth-order valence-electron chi connectivity index (χ4n) is 5.42. The number of carbonyl (C=O) groups is 2. The molecular formula is C32H60O4. The number of ether oxygens (including phenoxy) is 2. The topological polar surface area (TPSA) is 52.6 Å². The highest BCUT2D eigenvalue weighted by atomic mass is 16.5. The summed E-state index contributed by atoms with van der Waals surface area (Å²) in [5.41, 5.74) is 0. The zero-order valence-electron chi connectivity index (χ0n) is 24.8. The number of rotatable bonds is 20. The molecule has 4 heteroatoms. The molecule has 1 aliphatic rings. The minimum atomic E-state index is -0.0636. The molecule has 212 valence electrons. The first-order chi connectivity index (χ1) is 17.3. The summed E-state index contributed by atoms with van der Waals surface area (Å²) >= 11 is 0. The van der Waals surface area contributed by atoms with E-state index >= 15 is 0 Å². The highest BCUT2D eigenvalue weighted by Crippen LogP contribution is 2.31. The van der Waals surface area contributed by atoms with Crippen LogP contribution in [0.3, 0.4) is 0 Å². The van der Waals surface area contributed by atoms with Gasteiger partial charge < -0.3 is 9.47 Å². The molecule has 4 atom stereocenters. The van der Waals surface area contributed by atoms with Crippen LogP contribution in [0.5, 0.6) is 0 Å². The van der Waals surface area contributed by atoms with Gasteiger partial charge in [0, 0.05) is 0 Å². The van der Waals surface area contributed by atoms with E-state index in [9.17, 15) is 9.59 Å². The summed E-state index contributed by atoms with van der Waals surface area (Å²) in [5.74, 6) is 2.29. The fourth-order valence-corrected chi connectivity index (χ4v) is 5.42. The molecule has 4 unspecified atom stereocenters. The lowest BCUT2D eigenvalue weighted by Gasteiger charge is -2.27. The second-order valence-corrected chi connectivity index (χ2v) is 12.1. The van der Waals surface area contributed by atoms with Gasteiger partial charge in [-0.15, -0.1) is 0 Å². The van der Waals surface area contributed by atoms with Gasteiger partial charge in [0.25, 0.3) is 0 Å². The second-order valence-electron chi connectivity index (χ2n) is 12.1. The lowest BCUT2D eigenvalue weighted by atomic mass is 9.82. The molecule has 0 aromatic carbocycles. The number of hydrogen-bond acceptors (Lipinski definition) is 4. The van der Waals surface area contributed by atoms with Crippen LogP contribution in [-0.4, -0.2) is 25.2 Å². The van der Waals surface area contributed by atoms with Crippen molar-refractivity contribution in [3.8, 4) is 0 Å². The standard InChI is InChI=1S/C32H60O4/c1-7-9-11-13-15-25(3)27(5)21-23-35-31(33)29-17-19-30(20-18-29)32(34)36-24-22-28(6)26(4)16-14-12-10-8-2/h25-30H,7-24H2,1-6H3. The third-order valence-electron chi connectivity index (χ3n) is 9.00. The minimum absolute atomic E-state index is 0.0515. The van der Waals surface area contributed by atoms with E-state index in [1.54, 1.807) is 0 Å². The molecule has 0 bridgehead atoms. The first-order valence-electron chi connectivity index (χ1n) is 15.6. The Morgan fingerprint density at radius 2 is 0.889 bits per heavy atom. The van der Waals surface area contributed by atoms with Gasteiger partial charge in [0.05, 0.1) is 25.0 Å². The van der Waals surface area contributed by atoms with Crippen molar-refractivity contribution in [2.75, 3.05) is 13.2 Å². The fraction of sp³-hybridized carbons (Fsp3) is 0.938. The minimum Gasteiger partial charge on any atom is -0.465 e. The van der Waals surface area contributed by atoms with Gasteiger partial charge in [-0.05, 0) is 62.2 Å². The van der Waals surface area contributed by atoms with Crippen molar-refractivity contribution in [1.82, 2.24) is 0 Å². The van der Waals surface area contributed by atoms with Crippen molar-refractivity contribution < 1.29 is 19.1 Å². The van der Waals surface area contributed by atoms with Crippen LogP contribution in [0.4, 0.5) is 0 Å². The van der Waals surface area contributed by atoms with Gasteiger partial charge in [-0.25, -0.2) is 0 Å². The highest BCUT2D eigenvalue weighted by molar-refractivity contribution is 5.75. The maximum Gasteiger partial charge on any atom is 0.308 e. The third-order valence-corrected chi connectivity index (χ3v) is 9.00. The quantitative estimate of drug-likeness (QED) is 0.121. The van der Waals surface area contributed by atoms with Gasteiger partial charge in [0.1, 0.15) is 0 Å². The summed E-state index contributed by atoms with van der Waals surface area (Å²) in [5, 5.41) is 0. The lowest BCUT2D eigenvalue weighted by molar-refractivity contribution is -0.155. The van der Waals surface area contributed by atoms with Crippen molar-refractivity contribution in [3.05, 3.63) is 0 Å². The third kappa shape index (κ3) is 14.0. The predicted octanol–water partition coefficient (Wildman–Crippen LogP) is 9.14. The zero-order valence-corrected chi connectivity index (χ0v) is 24.8. The molecule has 0 radical (unpaired) electrons. The van der Waals surface area contributed by atoms with E-state index in [0.717, 1.165) is 38.5 Å². The summed E-state index contributed by atoms with van der Waals surface area (Å²) < 4.78 is 11.3. The lowest BCUT2D eigenvalue weighted by Crippen LogP contribution is -2.29. The van der Waals surface area contributed by atoms with Crippen molar-refractivity contribution in [3.63, 3.8) is 0 Å². The van der Waals surface area contributed by atoms with Gasteiger partial charge in [-0.3, -0.25) is 9.59 Å². The number of hydrogen-bond donors (Lipinski definition) is 0. The molecule has 0 heterocycles. The molecule has 1 aliphatic carbocycles. The summed E-state index contributed by atoms with van der Waals surface area (Å²) in [6, 6.07) is 0. The van der Waals surface area contributed by atoms with Gasteiger partial charge >= 0.3 is 11.9 Å². The van der Waals surface area contributed by atoms with E-state index < -0.39 is 0 Å². The molecule has 0 amide bonds. The zero-order chi connectivity index (χ0) is 26.8. The molecule has 4 nitrogen and oxygen atoms in total. The molecule has 1 rings (SSSR count). The normalized spacial score (nSPS) is 21.4. The maximum atomic E-state index is 12.6. The van der Waals surface area contributed by atoms with Gasteiger partial charge in [-0.2, -0.15) is 0 Å². The van der Waals surface area contributed by atoms with Gasteiger partial charge in [-0.1, -0.05) is 106 Å². The first kappa shape index (κ1) is 33.0. The Morgan fingerprint density at radius 1 is 0.556 bits per heavy atom. The second kappa shape index (κ2) is 20.0.